The van der Waals surface area contributed by atoms with Crippen molar-refractivity contribution in [3.8, 4) is 0 Å². The molecular weight excluding hydrogens is 434 g/mol. The molecule has 0 aromatic heterocycles. The summed E-state index contributed by atoms with van der Waals surface area (Å²) >= 11 is 0. The zero-order chi connectivity index (χ0) is 24.8. The lowest BCUT2D eigenvalue weighted by molar-refractivity contribution is -0.128. The minimum Gasteiger partial charge on any atom is -0.398 e. The minimum atomic E-state index is -2.81. The number of allylic oxidation sites excluding steroid dienone is 1. The van der Waals surface area contributed by atoms with Crippen molar-refractivity contribution in [3.63, 3.8) is 0 Å². The Labute approximate surface area is 206 Å². The number of hydrogen-bond donors (Lipinski definition) is 0. The number of amides is 1. The third-order valence-electron chi connectivity index (χ3n) is 6.55. The van der Waals surface area contributed by atoms with Crippen LogP contribution < -0.4 is 10.4 Å². The van der Waals surface area contributed by atoms with Crippen LogP contribution in [0.25, 0.3) is 0 Å². The van der Waals surface area contributed by atoms with Crippen molar-refractivity contribution in [2.75, 3.05) is 7.05 Å². The quantitative estimate of drug-likeness (QED) is 0.310. The van der Waals surface area contributed by atoms with Crippen molar-refractivity contribution in [1.82, 2.24) is 4.90 Å². The first-order valence-electron chi connectivity index (χ1n) is 12.0. The summed E-state index contributed by atoms with van der Waals surface area (Å²) in [6, 6.07) is 31.4. The van der Waals surface area contributed by atoms with Crippen molar-refractivity contribution in [2.45, 2.75) is 51.8 Å². The van der Waals surface area contributed by atoms with Crippen LogP contribution in [0.4, 0.5) is 0 Å². The molecule has 0 saturated carbocycles. The number of rotatable bonds is 8. The second-order valence-electron chi connectivity index (χ2n) is 9.80. The summed E-state index contributed by atoms with van der Waals surface area (Å²) in [5, 5.41) is 2.29. The first-order chi connectivity index (χ1) is 16.2. The molecule has 0 aliphatic heterocycles. The highest BCUT2D eigenvalue weighted by Crippen LogP contribution is 2.41. The number of nitrogens with zero attached hydrogens (tertiary/aromatic N) is 1. The van der Waals surface area contributed by atoms with Crippen LogP contribution >= 0.6 is 0 Å². The van der Waals surface area contributed by atoms with Crippen LogP contribution in [-0.4, -0.2) is 32.2 Å². The lowest BCUT2D eigenvalue weighted by atomic mass is 10.0. The number of carbonyl (C=O) groups is 1. The Hall–Kier alpha value is -2.95. The predicted octanol–water partition coefficient (Wildman–Crippen LogP) is 5.73. The Morgan fingerprint density at radius 3 is 1.71 bits per heavy atom. The van der Waals surface area contributed by atoms with E-state index >= 15 is 0 Å². The smallest absolute Gasteiger partial charge is 0.262 e. The maximum absolute atomic E-state index is 12.8. The van der Waals surface area contributed by atoms with Gasteiger partial charge >= 0.3 is 0 Å². The molecule has 0 radical (unpaired) electrons. The first-order valence-corrected chi connectivity index (χ1v) is 13.9. The Morgan fingerprint density at radius 1 is 0.853 bits per heavy atom. The van der Waals surface area contributed by atoms with Gasteiger partial charge in [-0.05, 0) is 40.9 Å². The van der Waals surface area contributed by atoms with Gasteiger partial charge in [-0.25, -0.2) is 0 Å². The van der Waals surface area contributed by atoms with Gasteiger partial charge in [-0.3, -0.25) is 4.79 Å². The van der Waals surface area contributed by atoms with Crippen molar-refractivity contribution >= 4 is 24.6 Å². The van der Waals surface area contributed by atoms with E-state index in [4.69, 9.17) is 4.43 Å². The average molecular weight is 472 g/mol. The number of benzene rings is 3. The Bertz CT molecular complexity index is 1040. The zero-order valence-corrected chi connectivity index (χ0v) is 22.2. The van der Waals surface area contributed by atoms with Crippen LogP contribution in [0.1, 0.15) is 46.3 Å². The molecule has 0 aliphatic carbocycles. The van der Waals surface area contributed by atoms with Crippen molar-refractivity contribution < 1.29 is 9.22 Å². The topological polar surface area (TPSA) is 29.5 Å². The summed E-state index contributed by atoms with van der Waals surface area (Å²) in [6.07, 6.45) is 3.10. The third kappa shape index (κ3) is 5.24. The van der Waals surface area contributed by atoms with Crippen LogP contribution in [-0.2, 0) is 9.22 Å². The van der Waals surface area contributed by atoms with Crippen molar-refractivity contribution in [2.24, 2.45) is 0 Å². The molecule has 0 unspecified atom stereocenters. The molecule has 3 nitrogen and oxygen atoms in total. The predicted molar refractivity (Wildman–Crippen MR) is 145 cm³/mol. The van der Waals surface area contributed by atoms with Crippen LogP contribution in [0, 0.1) is 0 Å². The van der Waals surface area contributed by atoms with Crippen molar-refractivity contribution in [3.05, 3.63) is 109 Å². The standard InChI is InChI=1S/C30H37NO2Si/c1-7-17-28(32)31(6)24(2)29(25-18-11-8-12-19-25)33-34(30(3,4)5,26-20-13-9-14-21-26)27-22-15-10-16-23-27/h7-24,29H,1-6H3/b17-7+/t24-,29+/m0/s1. The van der Waals surface area contributed by atoms with E-state index < -0.39 is 8.32 Å². The molecule has 0 N–H and O–H groups in total. The highest BCUT2D eigenvalue weighted by Gasteiger charge is 2.52. The molecule has 0 bridgehead atoms. The van der Waals surface area contributed by atoms with Crippen LogP contribution in [0.3, 0.4) is 0 Å². The maximum Gasteiger partial charge on any atom is 0.262 e. The number of carbonyl (C=O) groups excluding carboxylic acids is 1. The minimum absolute atomic E-state index is 0.0259. The molecular formula is C30H37NO2Si. The maximum atomic E-state index is 12.8. The van der Waals surface area contributed by atoms with Crippen LogP contribution in [0.2, 0.25) is 5.04 Å². The highest BCUT2D eigenvalue weighted by atomic mass is 28.4. The average Bonchev–Trinajstić information content (AvgIpc) is 2.85. The van der Waals surface area contributed by atoms with Gasteiger partial charge in [0.25, 0.3) is 8.32 Å². The Balaban J connectivity index is 2.24. The van der Waals surface area contributed by atoms with Crippen LogP contribution in [0.5, 0.6) is 0 Å². The zero-order valence-electron chi connectivity index (χ0n) is 21.2. The molecule has 3 aromatic carbocycles. The van der Waals surface area contributed by atoms with E-state index in [1.54, 1.807) is 17.1 Å². The third-order valence-corrected chi connectivity index (χ3v) is 11.6. The Morgan fingerprint density at radius 2 is 1.29 bits per heavy atom. The summed E-state index contributed by atoms with van der Waals surface area (Å²) in [4.78, 5) is 14.6. The molecule has 0 saturated heterocycles. The molecule has 2 atom stereocenters. The fraction of sp³-hybridized carbons (Fsp3) is 0.300. The molecule has 178 valence electrons. The van der Waals surface area contributed by atoms with E-state index in [2.05, 4.69) is 100 Å². The molecule has 34 heavy (non-hydrogen) atoms. The molecule has 3 aromatic rings. The van der Waals surface area contributed by atoms with E-state index in [-0.39, 0.29) is 23.1 Å². The summed E-state index contributed by atoms with van der Waals surface area (Å²) in [6.45, 7) is 10.8. The van der Waals surface area contributed by atoms with E-state index in [0.29, 0.717) is 0 Å². The molecule has 4 heteroatoms. The van der Waals surface area contributed by atoms with E-state index in [1.165, 1.54) is 10.4 Å². The molecule has 1 amide bonds. The molecule has 0 heterocycles. The summed E-state index contributed by atoms with van der Waals surface area (Å²) < 4.78 is 7.49. The fourth-order valence-electron chi connectivity index (χ4n) is 4.63. The second kappa shape index (κ2) is 11.0. The molecule has 3 rings (SSSR count). The summed E-state index contributed by atoms with van der Waals surface area (Å²) in [7, 11) is -0.954. The lowest BCUT2D eigenvalue weighted by Crippen LogP contribution is -2.67. The fourth-order valence-corrected chi connectivity index (χ4v) is 9.36. The summed E-state index contributed by atoms with van der Waals surface area (Å²) in [5.41, 5.74) is 1.07. The molecule has 0 spiro atoms. The van der Waals surface area contributed by atoms with Crippen molar-refractivity contribution in [1.29, 1.82) is 0 Å². The highest BCUT2D eigenvalue weighted by molar-refractivity contribution is 6.99. The van der Waals surface area contributed by atoms with Gasteiger partial charge in [-0.1, -0.05) is 118 Å². The largest absolute Gasteiger partial charge is 0.398 e. The monoisotopic (exact) mass is 471 g/mol. The van der Waals surface area contributed by atoms with Gasteiger partial charge in [-0.15, -0.1) is 0 Å². The van der Waals surface area contributed by atoms with E-state index in [0.717, 1.165) is 5.56 Å². The number of likely N-dealkylation sites (N-methyl/N-ethyl adjacent to an activating group) is 1. The van der Waals surface area contributed by atoms with E-state index in [1.807, 2.05) is 32.2 Å². The summed E-state index contributed by atoms with van der Waals surface area (Å²) in [5.74, 6) is -0.0259. The van der Waals surface area contributed by atoms with Gasteiger partial charge in [0, 0.05) is 7.05 Å². The van der Waals surface area contributed by atoms with E-state index in [9.17, 15) is 4.79 Å². The van der Waals surface area contributed by atoms with Gasteiger partial charge in [0.05, 0.1) is 12.1 Å². The number of hydrogen-bond acceptors (Lipinski definition) is 2. The van der Waals surface area contributed by atoms with Gasteiger partial charge in [0.15, 0.2) is 0 Å². The molecule has 0 fully saturated rings. The van der Waals surface area contributed by atoms with Gasteiger partial charge in [0.1, 0.15) is 0 Å². The van der Waals surface area contributed by atoms with Gasteiger partial charge < -0.3 is 9.33 Å². The molecule has 0 aliphatic rings. The normalized spacial score (nSPS) is 14.1. The first kappa shape index (κ1) is 25.7. The van der Waals surface area contributed by atoms with Gasteiger partial charge in [0.2, 0.25) is 5.91 Å². The SMILES string of the molecule is C/C=C/C(=O)N(C)[C@@H](C)[C@@H](O[Si](c1ccccc1)(c1ccccc1)C(C)(C)C)c1ccccc1. The van der Waals surface area contributed by atoms with Crippen LogP contribution in [0.15, 0.2) is 103 Å². The second-order valence-corrected chi connectivity index (χ2v) is 14.1. The van der Waals surface area contributed by atoms with Gasteiger partial charge in [-0.2, -0.15) is 0 Å². The Kier molecular flexibility index (Phi) is 8.29. The lowest BCUT2D eigenvalue weighted by Gasteiger charge is -2.47.